The first-order valence-electron chi connectivity index (χ1n) is 16.6. The van der Waals surface area contributed by atoms with Crippen molar-refractivity contribution in [1.82, 2.24) is 15.0 Å². The van der Waals surface area contributed by atoms with E-state index in [2.05, 4.69) is 65.6 Å². The van der Waals surface area contributed by atoms with Crippen LogP contribution in [-0.4, -0.2) is 15.0 Å². The molecule has 3 aromatic heterocycles. The number of thiophene rings is 1. The fraction of sp³-hybridized carbons (Fsp3) is 0. The standard InChI is InChI=1S/C39H23N3OS/c1-3-11-24(12-4-1)37-40-38(25-13-5-2-6-14-25)42-39(41-37)32-19-10-17-30-28-22-21-26(23-33(28)43-35(30)32)27-16-9-18-31-29-15-7-8-20-34(29)44-36(27)31/h1-23H/i1D,3D,4D,11D,12D. The summed E-state index contributed by atoms with van der Waals surface area (Å²) >= 11 is 1.78. The fourth-order valence-electron chi connectivity index (χ4n) is 5.80. The Bertz CT molecular complexity index is 2770. The lowest BCUT2D eigenvalue weighted by Gasteiger charge is -2.08. The van der Waals surface area contributed by atoms with Crippen LogP contribution >= 0.6 is 11.3 Å². The number of para-hydroxylation sites is 1. The Labute approximate surface area is 264 Å². The fourth-order valence-corrected chi connectivity index (χ4v) is 7.04. The van der Waals surface area contributed by atoms with Crippen molar-refractivity contribution < 1.29 is 11.3 Å². The molecule has 0 spiro atoms. The number of fused-ring (bicyclic) bond motifs is 6. The van der Waals surface area contributed by atoms with Gasteiger partial charge < -0.3 is 4.42 Å². The van der Waals surface area contributed by atoms with Crippen LogP contribution in [0, 0.1) is 0 Å². The van der Waals surface area contributed by atoms with Crippen LogP contribution in [0.2, 0.25) is 0 Å². The highest BCUT2D eigenvalue weighted by atomic mass is 32.1. The molecule has 0 aliphatic carbocycles. The normalized spacial score (nSPS) is 13.2. The van der Waals surface area contributed by atoms with Crippen LogP contribution in [0.25, 0.3) is 87.4 Å². The van der Waals surface area contributed by atoms with E-state index >= 15 is 0 Å². The molecule has 0 atom stereocenters. The van der Waals surface area contributed by atoms with Gasteiger partial charge in [0.15, 0.2) is 17.5 Å². The number of nitrogens with zero attached hydrogens (tertiary/aromatic N) is 3. The second-order valence-electron chi connectivity index (χ2n) is 10.4. The van der Waals surface area contributed by atoms with Crippen molar-refractivity contribution in [3.05, 3.63) is 139 Å². The number of hydrogen-bond acceptors (Lipinski definition) is 5. The van der Waals surface area contributed by atoms with Gasteiger partial charge >= 0.3 is 0 Å². The molecule has 6 aromatic carbocycles. The largest absolute Gasteiger partial charge is 0.455 e. The molecule has 206 valence electrons. The van der Waals surface area contributed by atoms with E-state index in [1.54, 1.807) is 11.3 Å². The lowest BCUT2D eigenvalue weighted by molar-refractivity contribution is 0.669. The predicted molar refractivity (Wildman–Crippen MR) is 182 cm³/mol. The van der Waals surface area contributed by atoms with Crippen LogP contribution in [0.1, 0.15) is 6.85 Å². The molecule has 0 saturated heterocycles. The minimum atomic E-state index is -0.480. The zero-order valence-electron chi connectivity index (χ0n) is 28.1. The van der Waals surface area contributed by atoms with Gasteiger partial charge in [0, 0.05) is 42.1 Å². The molecular weight excluding hydrogens is 559 g/mol. The Morgan fingerprint density at radius 3 is 2.09 bits per heavy atom. The van der Waals surface area contributed by atoms with E-state index in [1.807, 2.05) is 48.5 Å². The molecule has 0 fully saturated rings. The van der Waals surface area contributed by atoms with Crippen molar-refractivity contribution in [3.63, 3.8) is 0 Å². The van der Waals surface area contributed by atoms with Gasteiger partial charge in [-0.05, 0) is 35.4 Å². The third-order valence-electron chi connectivity index (χ3n) is 7.85. The van der Waals surface area contributed by atoms with Crippen LogP contribution in [0.15, 0.2) is 144 Å². The molecule has 44 heavy (non-hydrogen) atoms. The van der Waals surface area contributed by atoms with Crippen molar-refractivity contribution in [2.24, 2.45) is 0 Å². The Morgan fingerprint density at radius 2 is 1.23 bits per heavy atom. The SMILES string of the molecule is [2H]c1c([2H])c([2H])c(-c2nc(-c3ccccc3)nc(-c3cccc4c3oc3cc(-c5cccc6c5sc5ccccc56)ccc34)n2)c([2H])c1[2H]. The third kappa shape index (κ3) is 4.02. The summed E-state index contributed by atoms with van der Waals surface area (Å²) in [7, 11) is 0. The lowest BCUT2D eigenvalue weighted by atomic mass is 10.0. The molecule has 0 N–H and O–H groups in total. The summed E-state index contributed by atoms with van der Waals surface area (Å²) in [5.41, 5.74) is 4.65. The Balaban J connectivity index is 1.25. The highest BCUT2D eigenvalue weighted by Crippen LogP contribution is 2.42. The molecule has 5 heteroatoms. The van der Waals surface area contributed by atoms with Gasteiger partial charge in [0.05, 0.1) is 12.4 Å². The molecule has 0 unspecified atom stereocenters. The lowest BCUT2D eigenvalue weighted by Crippen LogP contribution is -2.00. The zero-order chi connectivity index (χ0) is 33.4. The van der Waals surface area contributed by atoms with E-state index in [9.17, 15) is 0 Å². The predicted octanol–water partition coefficient (Wildman–Crippen LogP) is 10.8. The van der Waals surface area contributed by atoms with E-state index in [0.717, 1.165) is 21.9 Å². The van der Waals surface area contributed by atoms with E-state index in [4.69, 9.17) is 21.2 Å². The summed E-state index contributed by atoms with van der Waals surface area (Å²) in [6.45, 7) is 0. The Morgan fingerprint density at radius 1 is 0.523 bits per heavy atom. The molecule has 3 heterocycles. The summed E-state index contributed by atoms with van der Waals surface area (Å²) in [4.78, 5) is 14.2. The first-order chi connectivity index (χ1) is 23.9. The number of benzene rings is 6. The van der Waals surface area contributed by atoms with E-state index in [1.165, 1.54) is 20.2 Å². The minimum Gasteiger partial charge on any atom is -0.455 e. The molecule has 9 rings (SSSR count). The van der Waals surface area contributed by atoms with E-state index < -0.39 is 18.1 Å². The molecule has 0 radical (unpaired) electrons. The summed E-state index contributed by atoms with van der Waals surface area (Å²) in [5.74, 6) is 0.544. The highest BCUT2D eigenvalue weighted by molar-refractivity contribution is 7.26. The summed E-state index contributed by atoms with van der Waals surface area (Å²) < 4.78 is 50.9. The highest BCUT2D eigenvalue weighted by Gasteiger charge is 2.18. The first-order valence-corrected chi connectivity index (χ1v) is 14.9. The molecule has 4 nitrogen and oxygen atoms in total. The molecule has 0 saturated carbocycles. The molecule has 0 bridgehead atoms. The van der Waals surface area contributed by atoms with Gasteiger partial charge in [-0.15, -0.1) is 11.3 Å². The summed E-state index contributed by atoms with van der Waals surface area (Å²) in [5, 5.41) is 4.29. The van der Waals surface area contributed by atoms with E-state index in [0.29, 0.717) is 28.1 Å². The number of hydrogen-bond donors (Lipinski definition) is 0. The summed E-state index contributed by atoms with van der Waals surface area (Å²) in [6.07, 6.45) is 0. The molecule has 9 aromatic rings. The van der Waals surface area contributed by atoms with Crippen molar-refractivity contribution in [3.8, 4) is 45.3 Å². The van der Waals surface area contributed by atoms with Gasteiger partial charge in [0.1, 0.15) is 11.2 Å². The molecule has 0 aliphatic rings. The molecule has 0 aliphatic heterocycles. The second-order valence-corrected chi connectivity index (χ2v) is 11.5. The van der Waals surface area contributed by atoms with E-state index in [-0.39, 0.29) is 29.3 Å². The van der Waals surface area contributed by atoms with Gasteiger partial charge in [-0.1, -0.05) is 115 Å². The smallest absolute Gasteiger partial charge is 0.167 e. The average Bonchev–Trinajstić information content (AvgIpc) is 3.71. The maximum atomic E-state index is 8.61. The van der Waals surface area contributed by atoms with Crippen molar-refractivity contribution in [2.75, 3.05) is 0 Å². The molecule has 0 amide bonds. The van der Waals surface area contributed by atoms with Crippen LogP contribution in [0.4, 0.5) is 0 Å². The van der Waals surface area contributed by atoms with Gasteiger partial charge in [-0.25, -0.2) is 15.0 Å². The monoisotopic (exact) mass is 586 g/mol. The van der Waals surface area contributed by atoms with Gasteiger partial charge in [-0.3, -0.25) is 0 Å². The first kappa shape index (κ1) is 20.3. The zero-order valence-corrected chi connectivity index (χ0v) is 23.9. The average molecular weight is 587 g/mol. The van der Waals surface area contributed by atoms with Gasteiger partial charge in [0.2, 0.25) is 0 Å². The molecular formula is C39H23N3OS. The van der Waals surface area contributed by atoms with Crippen LogP contribution in [0.3, 0.4) is 0 Å². The van der Waals surface area contributed by atoms with Crippen molar-refractivity contribution in [2.45, 2.75) is 0 Å². The number of rotatable bonds is 4. The minimum absolute atomic E-state index is 0.0207. The van der Waals surface area contributed by atoms with Crippen molar-refractivity contribution >= 4 is 53.4 Å². The van der Waals surface area contributed by atoms with Crippen LogP contribution in [0.5, 0.6) is 0 Å². The maximum Gasteiger partial charge on any atom is 0.167 e. The maximum absolute atomic E-state index is 8.61. The van der Waals surface area contributed by atoms with Crippen LogP contribution in [-0.2, 0) is 0 Å². The number of furan rings is 1. The topological polar surface area (TPSA) is 51.8 Å². The number of aromatic nitrogens is 3. The Hall–Kier alpha value is -5.65. The van der Waals surface area contributed by atoms with Crippen molar-refractivity contribution in [1.29, 1.82) is 0 Å². The quantitative estimate of drug-likeness (QED) is 0.206. The third-order valence-corrected chi connectivity index (χ3v) is 9.07. The van der Waals surface area contributed by atoms with Gasteiger partial charge in [0.25, 0.3) is 0 Å². The van der Waals surface area contributed by atoms with Crippen LogP contribution < -0.4 is 0 Å². The second kappa shape index (κ2) is 9.97. The summed E-state index contributed by atoms with van der Waals surface area (Å²) in [6, 6.07) is 34.0. The van der Waals surface area contributed by atoms with Gasteiger partial charge in [-0.2, -0.15) is 0 Å². The Kier molecular flexibility index (Phi) is 4.60.